The molecule has 2 rings (SSSR count). The Labute approximate surface area is 119 Å². The first-order valence-corrected chi connectivity index (χ1v) is 7.05. The summed E-state index contributed by atoms with van der Waals surface area (Å²) in [5.41, 5.74) is 5.59. The van der Waals surface area contributed by atoms with Crippen LogP contribution in [0.15, 0.2) is 17.5 Å². The number of hydrogen-bond donors (Lipinski definition) is 2. The highest BCUT2D eigenvalue weighted by molar-refractivity contribution is 7.09. The number of aryl methyl sites for hydroxylation is 1. The van der Waals surface area contributed by atoms with E-state index in [1.54, 1.807) is 11.3 Å². The molecular weight excluding hydrogens is 268 g/mol. The number of carbonyl (C=O) groups is 1. The van der Waals surface area contributed by atoms with Gasteiger partial charge in [-0.15, -0.1) is 23.7 Å². The smallest absolute Gasteiger partial charge is 0.220 e. The van der Waals surface area contributed by atoms with Crippen molar-refractivity contribution >= 4 is 29.7 Å². The van der Waals surface area contributed by atoms with Crippen molar-refractivity contribution in [3.63, 3.8) is 0 Å². The van der Waals surface area contributed by atoms with Crippen molar-refractivity contribution in [2.75, 3.05) is 6.54 Å². The van der Waals surface area contributed by atoms with Gasteiger partial charge in [0.2, 0.25) is 5.91 Å². The van der Waals surface area contributed by atoms with E-state index in [0.717, 1.165) is 6.42 Å². The standard InChI is InChI=1S/C13H20N2OS.ClH/c1-13(9-14,10-4-5-10)15-12(16)7-6-11-3-2-8-17-11;/h2-3,8,10H,4-7,9,14H2,1H3,(H,15,16);1H. The maximum Gasteiger partial charge on any atom is 0.220 e. The van der Waals surface area contributed by atoms with E-state index in [4.69, 9.17) is 5.73 Å². The van der Waals surface area contributed by atoms with E-state index in [1.165, 1.54) is 17.7 Å². The fourth-order valence-electron chi connectivity index (χ4n) is 2.11. The summed E-state index contributed by atoms with van der Waals surface area (Å²) < 4.78 is 0. The van der Waals surface area contributed by atoms with Crippen LogP contribution in [0.25, 0.3) is 0 Å². The molecule has 1 fully saturated rings. The number of thiophene rings is 1. The van der Waals surface area contributed by atoms with Gasteiger partial charge in [0, 0.05) is 17.8 Å². The predicted molar refractivity (Wildman–Crippen MR) is 78.2 cm³/mol. The highest BCUT2D eigenvalue weighted by atomic mass is 35.5. The zero-order chi connectivity index (χ0) is 12.3. The fraction of sp³-hybridized carbons (Fsp3) is 0.615. The third-order valence-electron chi connectivity index (χ3n) is 3.51. The lowest BCUT2D eigenvalue weighted by atomic mass is 9.95. The minimum atomic E-state index is -0.188. The molecule has 1 aliphatic rings. The number of nitrogens with one attached hydrogen (secondary N) is 1. The molecule has 18 heavy (non-hydrogen) atoms. The van der Waals surface area contributed by atoms with Gasteiger partial charge in [-0.05, 0) is 43.6 Å². The number of carbonyl (C=O) groups excluding carboxylic acids is 1. The molecule has 1 unspecified atom stereocenters. The molecule has 1 amide bonds. The van der Waals surface area contributed by atoms with Crippen molar-refractivity contribution in [3.05, 3.63) is 22.4 Å². The second-order valence-electron chi connectivity index (χ2n) is 5.02. The van der Waals surface area contributed by atoms with Gasteiger partial charge in [-0.3, -0.25) is 4.79 Å². The van der Waals surface area contributed by atoms with Gasteiger partial charge in [0.15, 0.2) is 0 Å². The lowest BCUT2D eigenvalue weighted by Gasteiger charge is -2.29. The van der Waals surface area contributed by atoms with E-state index in [0.29, 0.717) is 18.9 Å². The van der Waals surface area contributed by atoms with Gasteiger partial charge in [0.25, 0.3) is 0 Å². The van der Waals surface area contributed by atoms with Gasteiger partial charge in [-0.2, -0.15) is 0 Å². The SMILES string of the molecule is CC(CN)(NC(=O)CCc1cccs1)C1CC1.Cl. The molecule has 1 saturated carbocycles. The number of hydrogen-bond acceptors (Lipinski definition) is 3. The van der Waals surface area contributed by atoms with Crippen LogP contribution in [0, 0.1) is 5.92 Å². The summed E-state index contributed by atoms with van der Waals surface area (Å²) in [5.74, 6) is 0.705. The molecule has 0 radical (unpaired) electrons. The Morgan fingerprint density at radius 3 is 2.83 bits per heavy atom. The lowest BCUT2D eigenvalue weighted by Crippen LogP contribution is -2.53. The Morgan fingerprint density at radius 1 is 1.61 bits per heavy atom. The maximum absolute atomic E-state index is 11.9. The normalized spacial score (nSPS) is 17.7. The first-order chi connectivity index (χ1) is 8.14. The molecule has 1 atom stereocenters. The van der Waals surface area contributed by atoms with Crippen molar-refractivity contribution in [2.24, 2.45) is 11.7 Å². The number of nitrogens with two attached hydrogens (primary N) is 1. The molecule has 1 aromatic heterocycles. The molecule has 1 aliphatic carbocycles. The van der Waals surface area contributed by atoms with Crippen LogP contribution < -0.4 is 11.1 Å². The summed E-state index contributed by atoms with van der Waals surface area (Å²) in [6.45, 7) is 2.59. The predicted octanol–water partition coefficient (Wildman–Crippen LogP) is 2.35. The molecule has 0 aromatic carbocycles. The quantitative estimate of drug-likeness (QED) is 0.844. The summed E-state index contributed by atoms with van der Waals surface area (Å²) in [6.07, 6.45) is 3.77. The van der Waals surface area contributed by atoms with E-state index < -0.39 is 0 Å². The topological polar surface area (TPSA) is 55.1 Å². The van der Waals surface area contributed by atoms with Crippen LogP contribution in [0.4, 0.5) is 0 Å². The Kier molecular flexibility index (Phi) is 5.63. The van der Waals surface area contributed by atoms with E-state index >= 15 is 0 Å². The Morgan fingerprint density at radius 2 is 2.33 bits per heavy atom. The van der Waals surface area contributed by atoms with Gasteiger partial charge in [-0.25, -0.2) is 0 Å². The average molecular weight is 289 g/mol. The molecule has 0 aliphatic heterocycles. The zero-order valence-corrected chi connectivity index (χ0v) is 12.3. The van der Waals surface area contributed by atoms with E-state index in [2.05, 4.69) is 18.3 Å². The Balaban J connectivity index is 0.00000162. The van der Waals surface area contributed by atoms with Crippen molar-refractivity contribution in [3.8, 4) is 0 Å². The van der Waals surface area contributed by atoms with Crippen LogP contribution in [-0.2, 0) is 11.2 Å². The van der Waals surface area contributed by atoms with Crippen LogP contribution in [0.1, 0.15) is 31.1 Å². The van der Waals surface area contributed by atoms with Gasteiger partial charge < -0.3 is 11.1 Å². The van der Waals surface area contributed by atoms with Gasteiger partial charge >= 0.3 is 0 Å². The minimum absolute atomic E-state index is 0. The van der Waals surface area contributed by atoms with Crippen LogP contribution in [-0.4, -0.2) is 18.0 Å². The highest BCUT2D eigenvalue weighted by Crippen LogP contribution is 2.38. The molecule has 3 nitrogen and oxygen atoms in total. The molecule has 0 saturated heterocycles. The van der Waals surface area contributed by atoms with Crippen molar-refractivity contribution in [1.29, 1.82) is 0 Å². The van der Waals surface area contributed by atoms with Gasteiger partial charge in [-0.1, -0.05) is 6.07 Å². The molecule has 1 aromatic rings. The molecule has 3 N–H and O–H groups in total. The minimum Gasteiger partial charge on any atom is -0.349 e. The Bertz CT molecular complexity index is 378. The first-order valence-electron chi connectivity index (χ1n) is 6.17. The lowest BCUT2D eigenvalue weighted by molar-refractivity contribution is -0.123. The molecule has 5 heteroatoms. The molecule has 102 valence electrons. The molecular formula is C13H21ClN2OS. The van der Waals surface area contributed by atoms with Crippen molar-refractivity contribution < 1.29 is 4.79 Å². The fourth-order valence-corrected chi connectivity index (χ4v) is 2.82. The number of halogens is 1. The molecule has 1 heterocycles. The largest absolute Gasteiger partial charge is 0.349 e. The van der Waals surface area contributed by atoms with Crippen LogP contribution in [0.5, 0.6) is 0 Å². The van der Waals surface area contributed by atoms with Crippen molar-refractivity contribution in [2.45, 2.75) is 38.1 Å². The maximum atomic E-state index is 11.9. The van der Waals surface area contributed by atoms with E-state index in [-0.39, 0.29) is 23.9 Å². The van der Waals surface area contributed by atoms with Crippen molar-refractivity contribution in [1.82, 2.24) is 5.32 Å². The summed E-state index contributed by atoms with van der Waals surface area (Å²) in [6, 6.07) is 4.09. The second kappa shape index (κ2) is 6.55. The third kappa shape index (κ3) is 3.97. The zero-order valence-electron chi connectivity index (χ0n) is 10.6. The molecule has 0 spiro atoms. The summed E-state index contributed by atoms with van der Waals surface area (Å²) in [7, 11) is 0. The highest BCUT2D eigenvalue weighted by Gasteiger charge is 2.41. The summed E-state index contributed by atoms with van der Waals surface area (Å²) in [5, 5.41) is 5.15. The van der Waals surface area contributed by atoms with Gasteiger partial charge in [0.1, 0.15) is 0 Å². The summed E-state index contributed by atoms with van der Waals surface area (Å²) >= 11 is 1.70. The average Bonchev–Trinajstić information content (AvgIpc) is 3.05. The third-order valence-corrected chi connectivity index (χ3v) is 4.44. The van der Waals surface area contributed by atoms with Crippen LogP contribution >= 0.6 is 23.7 Å². The monoisotopic (exact) mass is 288 g/mol. The van der Waals surface area contributed by atoms with Gasteiger partial charge in [0.05, 0.1) is 5.54 Å². The van der Waals surface area contributed by atoms with E-state index in [9.17, 15) is 4.79 Å². The number of amides is 1. The Hall–Kier alpha value is -0.580. The summed E-state index contributed by atoms with van der Waals surface area (Å²) in [4.78, 5) is 13.1. The first kappa shape index (κ1) is 15.5. The number of rotatable bonds is 6. The second-order valence-corrected chi connectivity index (χ2v) is 6.06. The van der Waals surface area contributed by atoms with Crippen LogP contribution in [0.2, 0.25) is 0 Å². The van der Waals surface area contributed by atoms with E-state index in [1.807, 2.05) is 11.4 Å². The van der Waals surface area contributed by atoms with Crippen LogP contribution in [0.3, 0.4) is 0 Å². The molecule has 0 bridgehead atoms.